The number of nitrogens with two attached hydrogens (primary N) is 1. The molecular weight excluding hydrogens is 200 g/mol. The fraction of sp³-hybridized carbons (Fsp3) is 0.538. The van der Waals surface area contributed by atoms with Crippen molar-refractivity contribution >= 4 is 0 Å². The predicted molar refractivity (Wildman–Crippen MR) is 65.0 cm³/mol. The van der Waals surface area contributed by atoms with Gasteiger partial charge in [-0.25, -0.2) is 0 Å². The molecule has 0 amide bonds. The fourth-order valence-electron chi connectivity index (χ4n) is 2.22. The van der Waals surface area contributed by atoms with Gasteiger partial charge in [0.05, 0.1) is 6.10 Å². The zero-order valence-electron chi connectivity index (χ0n) is 9.86. The van der Waals surface area contributed by atoms with Gasteiger partial charge in [0.25, 0.3) is 0 Å². The average Bonchev–Trinajstić information content (AvgIpc) is 2.73. The molecule has 0 bridgehead atoms. The van der Waals surface area contributed by atoms with Crippen molar-refractivity contribution in [2.45, 2.75) is 25.6 Å². The van der Waals surface area contributed by atoms with Crippen molar-refractivity contribution in [2.24, 2.45) is 5.73 Å². The molecule has 2 rings (SSSR count). The lowest BCUT2D eigenvalue weighted by molar-refractivity contribution is 0.0890. The van der Waals surface area contributed by atoms with Gasteiger partial charge in [-0.05, 0) is 17.5 Å². The van der Waals surface area contributed by atoms with Crippen molar-refractivity contribution in [3.63, 3.8) is 0 Å². The minimum Gasteiger partial charge on any atom is -0.380 e. The molecular formula is C13H20N2O. The molecule has 0 saturated carbocycles. The van der Waals surface area contributed by atoms with Crippen molar-refractivity contribution in [2.75, 3.05) is 20.2 Å². The van der Waals surface area contributed by atoms with Crippen LogP contribution in [-0.2, 0) is 17.8 Å². The molecule has 1 atom stereocenters. The van der Waals surface area contributed by atoms with Crippen LogP contribution in [-0.4, -0.2) is 31.2 Å². The Morgan fingerprint density at radius 2 is 1.94 bits per heavy atom. The minimum absolute atomic E-state index is 0.198. The number of methoxy groups -OCH3 is 1. The molecule has 1 aliphatic rings. The van der Waals surface area contributed by atoms with Gasteiger partial charge in [-0.15, -0.1) is 0 Å². The fourth-order valence-corrected chi connectivity index (χ4v) is 2.22. The van der Waals surface area contributed by atoms with Crippen LogP contribution in [0.2, 0.25) is 0 Å². The van der Waals surface area contributed by atoms with Crippen molar-refractivity contribution in [3.8, 4) is 0 Å². The summed E-state index contributed by atoms with van der Waals surface area (Å²) < 4.78 is 5.28. The van der Waals surface area contributed by atoms with E-state index in [0.29, 0.717) is 6.54 Å². The maximum atomic E-state index is 5.61. The first kappa shape index (κ1) is 11.6. The van der Waals surface area contributed by atoms with E-state index in [4.69, 9.17) is 10.5 Å². The highest BCUT2D eigenvalue weighted by atomic mass is 16.5. The van der Waals surface area contributed by atoms with Crippen LogP contribution in [0.25, 0.3) is 0 Å². The normalized spacial score (nSPS) is 17.4. The van der Waals surface area contributed by atoms with E-state index in [9.17, 15) is 0 Å². The molecule has 3 nitrogen and oxygen atoms in total. The maximum Gasteiger partial charge on any atom is 0.0705 e. The summed E-state index contributed by atoms with van der Waals surface area (Å²) in [4.78, 5) is 2.45. The zero-order chi connectivity index (χ0) is 11.4. The molecule has 0 saturated heterocycles. The van der Waals surface area contributed by atoms with Gasteiger partial charge in [-0.2, -0.15) is 0 Å². The molecule has 88 valence electrons. The van der Waals surface area contributed by atoms with E-state index in [1.54, 1.807) is 7.11 Å². The summed E-state index contributed by atoms with van der Waals surface area (Å²) in [5.41, 5.74) is 8.53. The minimum atomic E-state index is 0.198. The molecule has 0 aromatic heterocycles. The van der Waals surface area contributed by atoms with E-state index in [0.717, 1.165) is 26.1 Å². The molecule has 1 unspecified atom stereocenters. The Bertz CT molecular complexity index is 311. The first-order chi connectivity index (χ1) is 7.83. The summed E-state index contributed by atoms with van der Waals surface area (Å²) in [5.74, 6) is 0. The summed E-state index contributed by atoms with van der Waals surface area (Å²) >= 11 is 0. The highest BCUT2D eigenvalue weighted by Gasteiger charge is 2.18. The molecule has 0 spiro atoms. The summed E-state index contributed by atoms with van der Waals surface area (Å²) in [6.45, 7) is 3.80. The molecule has 1 aromatic carbocycles. The van der Waals surface area contributed by atoms with Crippen LogP contribution < -0.4 is 5.73 Å². The topological polar surface area (TPSA) is 38.5 Å². The van der Waals surface area contributed by atoms with E-state index in [1.807, 2.05) is 0 Å². The molecule has 2 N–H and O–H groups in total. The van der Waals surface area contributed by atoms with Crippen molar-refractivity contribution < 1.29 is 4.74 Å². The van der Waals surface area contributed by atoms with Gasteiger partial charge >= 0.3 is 0 Å². The Labute approximate surface area is 97.2 Å². The van der Waals surface area contributed by atoms with Crippen LogP contribution in [0, 0.1) is 0 Å². The van der Waals surface area contributed by atoms with Gasteiger partial charge in [-0.3, -0.25) is 4.90 Å². The molecule has 1 heterocycles. The number of nitrogens with zero attached hydrogens (tertiary/aromatic N) is 1. The summed E-state index contributed by atoms with van der Waals surface area (Å²) in [5, 5.41) is 0. The number of hydrogen-bond donors (Lipinski definition) is 1. The van der Waals surface area contributed by atoms with E-state index in [-0.39, 0.29) is 6.10 Å². The molecule has 0 aliphatic carbocycles. The lowest BCUT2D eigenvalue weighted by atomic mass is 10.1. The van der Waals surface area contributed by atoms with E-state index < -0.39 is 0 Å². The second kappa shape index (κ2) is 5.43. The number of benzene rings is 1. The molecule has 1 aliphatic heterocycles. The molecule has 0 fully saturated rings. The van der Waals surface area contributed by atoms with Crippen molar-refractivity contribution in [1.82, 2.24) is 4.90 Å². The van der Waals surface area contributed by atoms with Crippen LogP contribution in [0.15, 0.2) is 24.3 Å². The van der Waals surface area contributed by atoms with Crippen LogP contribution in [0.4, 0.5) is 0 Å². The Balaban J connectivity index is 1.83. The molecule has 1 aromatic rings. The third kappa shape index (κ3) is 2.61. The molecule has 0 radical (unpaired) electrons. The number of rotatable bonds is 5. The van der Waals surface area contributed by atoms with Gasteiger partial charge in [0.15, 0.2) is 0 Å². The second-order valence-electron chi connectivity index (χ2n) is 4.36. The third-order valence-corrected chi connectivity index (χ3v) is 3.27. The number of ether oxygens (including phenoxy) is 1. The lowest BCUT2D eigenvalue weighted by Gasteiger charge is -2.18. The van der Waals surface area contributed by atoms with Crippen LogP contribution in [0.5, 0.6) is 0 Å². The lowest BCUT2D eigenvalue weighted by Crippen LogP contribution is -2.28. The average molecular weight is 220 g/mol. The van der Waals surface area contributed by atoms with Crippen LogP contribution >= 0.6 is 0 Å². The second-order valence-corrected chi connectivity index (χ2v) is 4.36. The Morgan fingerprint density at radius 1 is 1.31 bits per heavy atom. The van der Waals surface area contributed by atoms with Crippen LogP contribution in [0.1, 0.15) is 17.5 Å². The SMILES string of the molecule is COC(CN)CCN1Cc2ccccc2C1. The Morgan fingerprint density at radius 3 is 2.44 bits per heavy atom. The van der Waals surface area contributed by atoms with E-state index in [2.05, 4.69) is 29.2 Å². The number of fused-ring (bicyclic) bond motifs is 1. The maximum absolute atomic E-state index is 5.61. The Hall–Kier alpha value is -0.900. The first-order valence-corrected chi connectivity index (χ1v) is 5.85. The summed E-state index contributed by atoms with van der Waals surface area (Å²) in [7, 11) is 1.73. The van der Waals surface area contributed by atoms with E-state index in [1.165, 1.54) is 11.1 Å². The van der Waals surface area contributed by atoms with Gasteiger partial charge in [-0.1, -0.05) is 24.3 Å². The van der Waals surface area contributed by atoms with Gasteiger partial charge < -0.3 is 10.5 Å². The van der Waals surface area contributed by atoms with Crippen LogP contribution in [0.3, 0.4) is 0 Å². The molecule has 3 heteroatoms. The summed E-state index contributed by atoms with van der Waals surface area (Å²) in [6.07, 6.45) is 1.21. The largest absolute Gasteiger partial charge is 0.380 e. The zero-order valence-corrected chi connectivity index (χ0v) is 9.86. The standard InChI is InChI=1S/C13H20N2O/c1-16-13(8-14)6-7-15-9-11-4-2-3-5-12(11)10-15/h2-5,13H,6-10,14H2,1H3. The van der Waals surface area contributed by atoms with Crippen molar-refractivity contribution in [3.05, 3.63) is 35.4 Å². The van der Waals surface area contributed by atoms with Gasteiger partial charge in [0, 0.05) is 33.3 Å². The number of hydrogen-bond acceptors (Lipinski definition) is 3. The van der Waals surface area contributed by atoms with E-state index >= 15 is 0 Å². The van der Waals surface area contributed by atoms with Gasteiger partial charge in [0.2, 0.25) is 0 Å². The molecule has 16 heavy (non-hydrogen) atoms. The predicted octanol–water partition coefficient (Wildman–Crippen LogP) is 1.37. The smallest absolute Gasteiger partial charge is 0.0705 e. The summed E-state index contributed by atoms with van der Waals surface area (Å²) in [6, 6.07) is 8.65. The van der Waals surface area contributed by atoms with Crippen molar-refractivity contribution in [1.29, 1.82) is 0 Å². The third-order valence-electron chi connectivity index (χ3n) is 3.27. The monoisotopic (exact) mass is 220 g/mol. The Kier molecular flexibility index (Phi) is 3.93. The highest BCUT2D eigenvalue weighted by Crippen LogP contribution is 2.22. The highest BCUT2D eigenvalue weighted by molar-refractivity contribution is 5.30. The quantitative estimate of drug-likeness (QED) is 0.814. The first-order valence-electron chi connectivity index (χ1n) is 5.85. The van der Waals surface area contributed by atoms with Gasteiger partial charge in [0.1, 0.15) is 0 Å².